The minimum absolute atomic E-state index is 0.147. The number of carbonyl (C=O) groups is 1. The molecule has 4 rings (SSSR count). The molecule has 0 unspecified atom stereocenters. The summed E-state index contributed by atoms with van der Waals surface area (Å²) in [5.41, 5.74) is 0.848. The Balaban J connectivity index is 1.54. The molecule has 0 amide bonds. The third-order valence-corrected chi connectivity index (χ3v) is 5.00. The van der Waals surface area contributed by atoms with E-state index in [1.165, 1.54) is 5.56 Å². The number of ketones is 1. The lowest BCUT2D eigenvalue weighted by Gasteiger charge is -2.51. The van der Waals surface area contributed by atoms with Crippen LogP contribution in [-0.4, -0.2) is 24.6 Å². The molecule has 3 nitrogen and oxygen atoms in total. The Kier molecular flexibility index (Phi) is 3.65. The molecule has 0 spiro atoms. The number of hydrogen-bond donors (Lipinski definition) is 0. The topological polar surface area (TPSA) is 35.5 Å². The molecule has 2 bridgehead atoms. The maximum Gasteiger partial charge on any atom is 0.138 e. The number of hydrogen-bond acceptors (Lipinski definition) is 3. The summed E-state index contributed by atoms with van der Waals surface area (Å²) in [4.78, 5) is 11.8. The zero-order valence-electron chi connectivity index (χ0n) is 12.1. The molecular weight excluding hydrogens is 252 g/mol. The van der Waals surface area contributed by atoms with Gasteiger partial charge in [0.2, 0.25) is 0 Å². The average molecular weight is 274 g/mol. The third kappa shape index (κ3) is 2.52. The van der Waals surface area contributed by atoms with E-state index in [-0.39, 0.29) is 16.8 Å². The Bertz CT molecular complexity index is 456. The quantitative estimate of drug-likeness (QED) is 0.827. The summed E-state index contributed by atoms with van der Waals surface area (Å²) in [5.74, 6) is 0.288. The van der Waals surface area contributed by atoms with E-state index < -0.39 is 0 Å². The summed E-state index contributed by atoms with van der Waals surface area (Å²) in [6, 6.07) is 10.2. The molecule has 1 aliphatic carbocycles. The van der Waals surface area contributed by atoms with Crippen LogP contribution in [0.25, 0.3) is 0 Å². The van der Waals surface area contributed by atoms with Crippen LogP contribution in [0, 0.1) is 5.41 Å². The maximum atomic E-state index is 11.8. The van der Waals surface area contributed by atoms with Crippen molar-refractivity contribution < 1.29 is 14.3 Å². The Morgan fingerprint density at radius 1 is 1.20 bits per heavy atom. The van der Waals surface area contributed by atoms with Crippen molar-refractivity contribution in [2.75, 3.05) is 13.2 Å². The van der Waals surface area contributed by atoms with Crippen LogP contribution in [0.4, 0.5) is 0 Å². The van der Waals surface area contributed by atoms with Crippen molar-refractivity contribution in [3.8, 4) is 0 Å². The molecule has 3 fully saturated rings. The molecule has 20 heavy (non-hydrogen) atoms. The first-order valence-electron chi connectivity index (χ1n) is 7.41. The lowest BCUT2D eigenvalue weighted by Crippen LogP contribution is -2.55. The van der Waals surface area contributed by atoms with Crippen LogP contribution < -0.4 is 0 Å². The van der Waals surface area contributed by atoms with E-state index in [4.69, 9.17) is 9.47 Å². The van der Waals surface area contributed by atoms with Crippen molar-refractivity contribution in [1.82, 2.24) is 0 Å². The van der Waals surface area contributed by atoms with E-state index in [2.05, 4.69) is 12.1 Å². The van der Waals surface area contributed by atoms with Crippen molar-refractivity contribution in [2.45, 2.75) is 44.8 Å². The van der Waals surface area contributed by atoms with Gasteiger partial charge in [-0.3, -0.25) is 4.79 Å². The molecule has 0 N–H and O–H groups in total. The van der Waals surface area contributed by atoms with Gasteiger partial charge in [0.15, 0.2) is 0 Å². The molecule has 0 atom stereocenters. The largest absolute Gasteiger partial charge is 0.374 e. The van der Waals surface area contributed by atoms with Gasteiger partial charge in [0.25, 0.3) is 0 Å². The molecule has 108 valence electrons. The molecule has 2 saturated heterocycles. The van der Waals surface area contributed by atoms with Gasteiger partial charge in [-0.2, -0.15) is 0 Å². The first-order chi connectivity index (χ1) is 9.64. The van der Waals surface area contributed by atoms with E-state index in [9.17, 15) is 4.79 Å². The Morgan fingerprint density at radius 2 is 1.90 bits per heavy atom. The fraction of sp³-hybridized carbons (Fsp3) is 0.588. The van der Waals surface area contributed by atoms with Gasteiger partial charge in [0.05, 0.1) is 30.8 Å². The van der Waals surface area contributed by atoms with E-state index >= 15 is 0 Å². The molecular formula is C17H22O3. The fourth-order valence-corrected chi connectivity index (χ4v) is 3.33. The molecule has 0 aromatic heterocycles. The normalized spacial score (nSPS) is 32.2. The smallest absolute Gasteiger partial charge is 0.138 e. The first-order valence-corrected chi connectivity index (χ1v) is 7.41. The zero-order chi connectivity index (χ0) is 14.1. The van der Waals surface area contributed by atoms with Crippen LogP contribution in [0.15, 0.2) is 30.3 Å². The summed E-state index contributed by atoms with van der Waals surface area (Å²) in [6.45, 7) is 3.55. The predicted molar refractivity (Wildman–Crippen MR) is 76.4 cm³/mol. The molecule has 2 aliphatic heterocycles. The monoisotopic (exact) mass is 274 g/mol. The molecule has 1 saturated carbocycles. The van der Waals surface area contributed by atoms with E-state index in [0.29, 0.717) is 19.8 Å². The van der Waals surface area contributed by atoms with Crippen molar-refractivity contribution in [1.29, 1.82) is 0 Å². The van der Waals surface area contributed by atoms with Crippen LogP contribution in [0.1, 0.15) is 38.2 Å². The summed E-state index contributed by atoms with van der Waals surface area (Å²) in [6.07, 6.45) is 3.80. The zero-order valence-corrected chi connectivity index (χ0v) is 12.1. The van der Waals surface area contributed by atoms with Crippen LogP contribution in [-0.2, 0) is 20.9 Å². The highest BCUT2D eigenvalue weighted by Crippen LogP contribution is 2.49. The second-order valence-corrected chi connectivity index (χ2v) is 6.29. The minimum atomic E-state index is -0.193. The number of ether oxygens (including phenoxy) is 2. The second kappa shape index (κ2) is 5.30. The SMILES string of the molecule is CC(=O)C12CCC(COCc3ccccc3)(CC1)OC2. The van der Waals surface area contributed by atoms with Gasteiger partial charge < -0.3 is 9.47 Å². The summed E-state index contributed by atoms with van der Waals surface area (Å²) in [7, 11) is 0. The van der Waals surface area contributed by atoms with Gasteiger partial charge in [-0.1, -0.05) is 30.3 Å². The number of rotatable bonds is 5. The summed E-state index contributed by atoms with van der Waals surface area (Å²) >= 11 is 0. The van der Waals surface area contributed by atoms with Crippen LogP contribution in [0.2, 0.25) is 0 Å². The molecule has 3 aliphatic rings. The molecule has 1 aromatic carbocycles. The van der Waals surface area contributed by atoms with Crippen molar-refractivity contribution in [3.05, 3.63) is 35.9 Å². The maximum absolute atomic E-state index is 11.8. The van der Waals surface area contributed by atoms with Gasteiger partial charge in [0, 0.05) is 0 Å². The van der Waals surface area contributed by atoms with Gasteiger partial charge in [-0.25, -0.2) is 0 Å². The number of Topliss-reactive ketones (excluding diaryl/α,β-unsaturated/α-hetero) is 1. The predicted octanol–water partition coefficient (Wildman–Crippen LogP) is 3.12. The highest BCUT2D eigenvalue weighted by Gasteiger charge is 2.52. The molecule has 2 heterocycles. The fourth-order valence-electron chi connectivity index (χ4n) is 3.33. The van der Waals surface area contributed by atoms with E-state index in [1.54, 1.807) is 6.92 Å². The van der Waals surface area contributed by atoms with Crippen molar-refractivity contribution >= 4 is 5.78 Å². The lowest BCUT2D eigenvalue weighted by atomic mass is 9.64. The van der Waals surface area contributed by atoms with E-state index in [1.807, 2.05) is 18.2 Å². The number of carbonyl (C=O) groups excluding carboxylic acids is 1. The van der Waals surface area contributed by atoms with Crippen LogP contribution in [0.3, 0.4) is 0 Å². The Hall–Kier alpha value is -1.19. The summed E-state index contributed by atoms with van der Waals surface area (Å²) in [5, 5.41) is 0. The Morgan fingerprint density at radius 3 is 2.45 bits per heavy atom. The van der Waals surface area contributed by atoms with Gasteiger partial charge in [-0.05, 0) is 38.2 Å². The number of benzene rings is 1. The van der Waals surface area contributed by atoms with Gasteiger partial charge in [-0.15, -0.1) is 0 Å². The number of fused-ring (bicyclic) bond motifs is 3. The highest BCUT2D eigenvalue weighted by atomic mass is 16.5. The first kappa shape index (κ1) is 13.8. The summed E-state index contributed by atoms with van der Waals surface area (Å²) < 4.78 is 11.9. The van der Waals surface area contributed by atoms with E-state index in [0.717, 1.165) is 25.7 Å². The molecule has 0 radical (unpaired) electrons. The second-order valence-electron chi connectivity index (χ2n) is 6.29. The highest BCUT2D eigenvalue weighted by molar-refractivity contribution is 5.82. The molecule has 1 aromatic rings. The lowest BCUT2D eigenvalue weighted by molar-refractivity contribution is -0.206. The standard InChI is InChI=1S/C17H22O3/c1-14(18)16-7-9-17(10-8-16,20-12-16)13-19-11-15-5-3-2-4-6-15/h2-6H,7-13H2,1H3. The minimum Gasteiger partial charge on any atom is -0.374 e. The third-order valence-electron chi connectivity index (χ3n) is 5.00. The van der Waals surface area contributed by atoms with Crippen LogP contribution >= 0.6 is 0 Å². The van der Waals surface area contributed by atoms with Crippen molar-refractivity contribution in [2.24, 2.45) is 5.41 Å². The van der Waals surface area contributed by atoms with Crippen LogP contribution in [0.5, 0.6) is 0 Å². The molecule has 3 heteroatoms. The van der Waals surface area contributed by atoms with Gasteiger partial charge in [0.1, 0.15) is 5.78 Å². The average Bonchev–Trinajstić information content (AvgIpc) is 2.50. The van der Waals surface area contributed by atoms with Gasteiger partial charge >= 0.3 is 0 Å². The van der Waals surface area contributed by atoms with Crippen molar-refractivity contribution in [3.63, 3.8) is 0 Å². The Labute approximate surface area is 120 Å².